The van der Waals surface area contributed by atoms with E-state index < -0.39 is 15.5 Å². The molecule has 8 heteroatoms. The van der Waals surface area contributed by atoms with E-state index in [1.807, 2.05) is 0 Å². The standard InChI is InChI=1S/C9H9BrF3NO2S/c10-8-4-2-1-3-7(8)5-6-14-17(15,16)9(11,12)13/h1-4,14H,5-6H2. The summed E-state index contributed by atoms with van der Waals surface area (Å²) in [7, 11) is -5.25. The lowest BCUT2D eigenvalue weighted by molar-refractivity contribution is -0.0447. The van der Waals surface area contributed by atoms with Crippen LogP contribution in [0.15, 0.2) is 28.7 Å². The second-order valence-corrected chi connectivity index (χ2v) is 5.80. The molecular weight excluding hydrogens is 323 g/mol. The van der Waals surface area contributed by atoms with E-state index in [4.69, 9.17) is 0 Å². The molecule has 0 unspecified atom stereocenters. The van der Waals surface area contributed by atoms with Gasteiger partial charge in [0.2, 0.25) is 0 Å². The van der Waals surface area contributed by atoms with Gasteiger partial charge in [0.15, 0.2) is 0 Å². The molecular formula is C9H9BrF3NO2S. The Kier molecular flexibility index (Phi) is 4.56. The van der Waals surface area contributed by atoms with Crippen molar-refractivity contribution < 1.29 is 21.6 Å². The fraction of sp³-hybridized carbons (Fsp3) is 0.333. The summed E-state index contributed by atoms with van der Waals surface area (Å²) in [6.45, 7) is -0.301. The number of hydrogen-bond donors (Lipinski definition) is 1. The van der Waals surface area contributed by atoms with Crippen molar-refractivity contribution in [2.45, 2.75) is 11.9 Å². The summed E-state index contributed by atoms with van der Waals surface area (Å²) in [5.74, 6) is 0. The van der Waals surface area contributed by atoms with E-state index in [2.05, 4.69) is 15.9 Å². The van der Waals surface area contributed by atoms with Gasteiger partial charge in [-0.15, -0.1) is 0 Å². The molecule has 0 atom stereocenters. The summed E-state index contributed by atoms with van der Waals surface area (Å²) < 4.78 is 59.5. The highest BCUT2D eigenvalue weighted by Crippen LogP contribution is 2.21. The number of hydrogen-bond acceptors (Lipinski definition) is 2. The fourth-order valence-corrected chi connectivity index (χ4v) is 2.12. The smallest absolute Gasteiger partial charge is 0.207 e. The number of sulfonamides is 1. The average molecular weight is 332 g/mol. The molecule has 17 heavy (non-hydrogen) atoms. The minimum Gasteiger partial charge on any atom is -0.207 e. The molecule has 0 bridgehead atoms. The van der Waals surface area contributed by atoms with E-state index in [9.17, 15) is 21.6 Å². The third kappa shape index (κ3) is 3.97. The van der Waals surface area contributed by atoms with Gasteiger partial charge < -0.3 is 0 Å². The summed E-state index contributed by atoms with van der Waals surface area (Å²) in [5.41, 5.74) is -4.53. The Morgan fingerprint density at radius 2 is 1.82 bits per heavy atom. The van der Waals surface area contributed by atoms with Crippen LogP contribution in [0, 0.1) is 0 Å². The predicted molar refractivity (Wildman–Crippen MR) is 60.8 cm³/mol. The van der Waals surface area contributed by atoms with Crippen molar-refractivity contribution in [3.8, 4) is 0 Å². The van der Waals surface area contributed by atoms with Gasteiger partial charge in [-0.3, -0.25) is 0 Å². The molecule has 1 N–H and O–H groups in total. The molecule has 0 aliphatic heterocycles. The van der Waals surface area contributed by atoms with Crippen LogP contribution >= 0.6 is 15.9 Å². The molecule has 96 valence electrons. The normalized spacial score (nSPS) is 12.7. The van der Waals surface area contributed by atoms with Gasteiger partial charge in [0.25, 0.3) is 0 Å². The van der Waals surface area contributed by atoms with Gasteiger partial charge >= 0.3 is 15.5 Å². The summed E-state index contributed by atoms with van der Waals surface area (Å²) >= 11 is 3.22. The summed E-state index contributed by atoms with van der Waals surface area (Å²) in [5, 5.41) is 0. The Morgan fingerprint density at radius 3 is 2.35 bits per heavy atom. The Balaban J connectivity index is 2.58. The summed E-state index contributed by atoms with van der Waals surface area (Å²) in [6, 6.07) is 6.91. The fourth-order valence-electron chi connectivity index (χ4n) is 1.10. The van der Waals surface area contributed by atoms with Gasteiger partial charge in [-0.2, -0.15) is 13.2 Å². The molecule has 0 saturated heterocycles. The van der Waals surface area contributed by atoms with Gasteiger partial charge in [0.1, 0.15) is 0 Å². The molecule has 0 heterocycles. The van der Waals surface area contributed by atoms with Crippen LogP contribution in [-0.2, 0) is 16.4 Å². The van der Waals surface area contributed by atoms with Gasteiger partial charge in [-0.25, -0.2) is 13.1 Å². The van der Waals surface area contributed by atoms with Crippen LogP contribution in [0.3, 0.4) is 0 Å². The van der Waals surface area contributed by atoms with E-state index in [1.54, 1.807) is 24.3 Å². The Labute approximate surface area is 105 Å². The Bertz CT molecular complexity index is 487. The van der Waals surface area contributed by atoms with Crippen molar-refractivity contribution >= 4 is 26.0 Å². The number of halogens is 4. The molecule has 1 aromatic carbocycles. The van der Waals surface area contributed by atoms with Crippen molar-refractivity contribution in [2.24, 2.45) is 0 Å². The molecule has 0 aromatic heterocycles. The maximum Gasteiger partial charge on any atom is 0.511 e. The Morgan fingerprint density at radius 1 is 1.24 bits per heavy atom. The van der Waals surface area contributed by atoms with Crippen LogP contribution in [0.2, 0.25) is 0 Å². The van der Waals surface area contributed by atoms with Crippen molar-refractivity contribution in [3.63, 3.8) is 0 Å². The largest absolute Gasteiger partial charge is 0.511 e. The number of benzene rings is 1. The highest BCUT2D eigenvalue weighted by Gasteiger charge is 2.45. The minimum absolute atomic E-state index is 0.177. The monoisotopic (exact) mass is 331 g/mol. The molecule has 0 amide bonds. The van der Waals surface area contributed by atoms with Gasteiger partial charge in [-0.1, -0.05) is 34.1 Å². The zero-order valence-corrected chi connectivity index (χ0v) is 10.9. The molecule has 1 aromatic rings. The van der Waals surface area contributed by atoms with Gasteiger partial charge in [0.05, 0.1) is 0 Å². The number of alkyl halides is 3. The maximum atomic E-state index is 12.0. The van der Waals surface area contributed by atoms with E-state index in [-0.39, 0.29) is 13.0 Å². The van der Waals surface area contributed by atoms with E-state index in [1.165, 1.54) is 4.72 Å². The van der Waals surface area contributed by atoms with Crippen molar-refractivity contribution in [2.75, 3.05) is 6.54 Å². The first-order valence-corrected chi connectivity index (χ1v) is 6.81. The summed E-state index contributed by atoms with van der Waals surface area (Å²) in [6.07, 6.45) is 0.177. The zero-order chi connectivity index (χ0) is 13.1. The first-order valence-electron chi connectivity index (χ1n) is 4.53. The third-order valence-corrected chi connectivity index (χ3v) is 3.92. The highest BCUT2D eigenvalue weighted by atomic mass is 79.9. The molecule has 3 nitrogen and oxygen atoms in total. The highest BCUT2D eigenvalue weighted by molar-refractivity contribution is 9.10. The SMILES string of the molecule is O=S(=O)(NCCc1ccccc1Br)C(F)(F)F. The average Bonchev–Trinajstić information content (AvgIpc) is 2.19. The maximum absolute atomic E-state index is 12.0. The van der Waals surface area contributed by atoms with Crippen LogP contribution in [0.4, 0.5) is 13.2 Å². The molecule has 0 aliphatic rings. The minimum atomic E-state index is -5.26. The Hall–Kier alpha value is -0.600. The van der Waals surface area contributed by atoms with E-state index in [0.29, 0.717) is 0 Å². The second kappa shape index (κ2) is 5.36. The lowest BCUT2D eigenvalue weighted by Crippen LogP contribution is -2.37. The summed E-state index contributed by atoms with van der Waals surface area (Å²) in [4.78, 5) is 0. The first-order chi connectivity index (χ1) is 7.74. The molecule has 1 rings (SSSR count). The first kappa shape index (κ1) is 14.5. The number of nitrogens with one attached hydrogen (secondary N) is 1. The second-order valence-electron chi connectivity index (χ2n) is 3.18. The van der Waals surface area contributed by atoms with Crippen LogP contribution in [0.25, 0.3) is 0 Å². The van der Waals surface area contributed by atoms with E-state index in [0.717, 1.165) is 10.0 Å². The topological polar surface area (TPSA) is 46.2 Å². The van der Waals surface area contributed by atoms with Crippen LogP contribution in [0.5, 0.6) is 0 Å². The molecule has 0 fully saturated rings. The van der Waals surface area contributed by atoms with Crippen LogP contribution in [-0.4, -0.2) is 20.5 Å². The molecule has 0 saturated carbocycles. The molecule has 0 spiro atoms. The zero-order valence-electron chi connectivity index (χ0n) is 8.46. The van der Waals surface area contributed by atoms with Crippen LogP contribution in [0.1, 0.15) is 5.56 Å². The van der Waals surface area contributed by atoms with Crippen molar-refractivity contribution in [1.82, 2.24) is 4.72 Å². The van der Waals surface area contributed by atoms with E-state index >= 15 is 0 Å². The predicted octanol–water partition coefficient (Wildman–Crippen LogP) is 2.43. The molecule has 0 aliphatic carbocycles. The van der Waals surface area contributed by atoms with Gasteiger partial charge in [0, 0.05) is 11.0 Å². The number of rotatable bonds is 4. The quantitative estimate of drug-likeness (QED) is 0.921. The lowest BCUT2D eigenvalue weighted by atomic mass is 10.2. The van der Waals surface area contributed by atoms with Crippen LogP contribution < -0.4 is 4.72 Å². The van der Waals surface area contributed by atoms with Gasteiger partial charge in [-0.05, 0) is 18.1 Å². The van der Waals surface area contributed by atoms with Crippen molar-refractivity contribution in [3.05, 3.63) is 34.3 Å². The third-order valence-electron chi connectivity index (χ3n) is 1.95. The lowest BCUT2D eigenvalue weighted by Gasteiger charge is -2.09. The van der Waals surface area contributed by atoms with Crippen molar-refractivity contribution in [1.29, 1.82) is 0 Å². The molecule has 0 radical (unpaired) electrons.